The van der Waals surface area contributed by atoms with E-state index in [-0.39, 0.29) is 35.3 Å². The van der Waals surface area contributed by atoms with E-state index in [4.69, 9.17) is 0 Å². The minimum Gasteiger partial charge on any atom is -0.341 e. The van der Waals surface area contributed by atoms with Gasteiger partial charge in [-0.05, 0) is 29.5 Å². The molecule has 6 heteroatoms. The van der Waals surface area contributed by atoms with Gasteiger partial charge in [0.15, 0.2) is 0 Å². The summed E-state index contributed by atoms with van der Waals surface area (Å²) in [5.74, 6) is -0.212. The highest BCUT2D eigenvalue weighted by molar-refractivity contribution is 5.77. The van der Waals surface area contributed by atoms with Gasteiger partial charge in [-0.15, -0.1) is 0 Å². The van der Waals surface area contributed by atoms with E-state index in [2.05, 4.69) is 10.6 Å². The lowest BCUT2D eigenvalue weighted by atomic mass is 9.82. The fourth-order valence-corrected chi connectivity index (χ4v) is 3.17. The predicted molar refractivity (Wildman–Crippen MR) is 95.5 cm³/mol. The first-order chi connectivity index (χ1) is 11.7. The van der Waals surface area contributed by atoms with Gasteiger partial charge in [-0.3, -0.25) is 4.79 Å². The Bertz CT molecular complexity index is 627. The molecule has 0 unspecified atom stereocenters. The SMILES string of the molecule is CCC(=O)N1CC[C@@H](NC(=O)N[C@H](c2cccc(F)c2)C(C)(C)C)C1. The molecule has 0 spiro atoms. The molecule has 0 saturated carbocycles. The number of benzene rings is 1. The second-order valence-electron chi connectivity index (χ2n) is 7.65. The molecule has 1 heterocycles. The summed E-state index contributed by atoms with van der Waals surface area (Å²) in [5, 5.41) is 5.90. The van der Waals surface area contributed by atoms with Crippen molar-refractivity contribution in [3.05, 3.63) is 35.6 Å². The minimum atomic E-state index is -0.321. The number of carbonyl (C=O) groups is 2. The van der Waals surface area contributed by atoms with E-state index < -0.39 is 0 Å². The van der Waals surface area contributed by atoms with Gasteiger partial charge in [0.05, 0.1) is 6.04 Å². The maximum absolute atomic E-state index is 13.6. The van der Waals surface area contributed by atoms with Crippen LogP contribution in [0, 0.1) is 11.2 Å². The monoisotopic (exact) mass is 349 g/mol. The summed E-state index contributed by atoms with van der Waals surface area (Å²) < 4.78 is 13.6. The van der Waals surface area contributed by atoms with Crippen molar-refractivity contribution in [3.8, 4) is 0 Å². The van der Waals surface area contributed by atoms with E-state index in [1.807, 2.05) is 33.8 Å². The van der Waals surface area contributed by atoms with Crippen LogP contribution in [0.5, 0.6) is 0 Å². The second-order valence-corrected chi connectivity index (χ2v) is 7.65. The molecule has 3 amide bonds. The third-order valence-electron chi connectivity index (χ3n) is 4.50. The highest BCUT2D eigenvalue weighted by atomic mass is 19.1. The van der Waals surface area contributed by atoms with Gasteiger partial charge in [0.1, 0.15) is 5.82 Å². The largest absolute Gasteiger partial charge is 0.341 e. The van der Waals surface area contributed by atoms with Gasteiger partial charge < -0.3 is 15.5 Å². The number of amides is 3. The zero-order valence-corrected chi connectivity index (χ0v) is 15.4. The molecular weight excluding hydrogens is 321 g/mol. The van der Waals surface area contributed by atoms with Crippen molar-refractivity contribution < 1.29 is 14.0 Å². The van der Waals surface area contributed by atoms with Gasteiger partial charge in [0.2, 0.25) is 5.91 Å². The van der Waals surface area contributed by atoms with Crippen LogP contribution in [0.1, 0.15) is 52.1 Å². The fourth-order valence-electron chi connectivity index (χ4n) is 3.17. The van der Waals surface area contributed by atoms with Crippen molar-refractivity contribution in [1.29, 1.82) is 0 Å². The molecule has 2 N–H and O–H groups in total. The maximum atomic E-state index is 13.6. The molecule has 1 fully saturated rings. The van der Waals surface area contributed by atoms with Gasteiger partial charge in [-0.25, -0.2) is 9.18 Å². The summed E-state index contributed by atoms with van der Waals surface area (Å²) in [7, 11) is 0. The smallest absolute Gasteiger partial charge is 0.315 e. The van der Waals surface area contributed by atoms with Crippen LogP contribution in [0.25, 0.3) is 0 Å². The molecule has 1 aliphatic heterocycles. The van der Waals surface area contributed by atoms with Crippen LogP contribution in [-0.2, 0) is 4.79 Å². The highest BCUT2D eigenvalue weighted by Gasteiger charge is 2.30. The second kappa shape index (κ2) is 7.85. The zero-order chi connectivity index (χ0) is 18.6. The molecule has 25 heavy (non-hydrogen) atoms. The Balaban J connectivity index is 2.00. The molecule has 0 radical (unpaired) electrons. The van der Waals surface area contributed by atoms with Crippen LogP contribution in [0.3, 0.4) is 0 Å². The van der Waals surface area contributed by atoms with Crippen molar-refractivity contribution in [3.63, 3.8) is 0 Å². The molecule has 0 bridgehead atoms. The van der Waals surface area contributed by atoms with Crippen molar-refractivity contribution in [1.82, 2.24) is 15.5 Å². The van der Waals surface area contributed by atoms with Gasteiger partial charge in [0, 0.05) is 25.6 Å². The van der Waals surface area contributed by atoms with Gasteiger partial charge >= 0.3 is 6.03 Å². The number of nitrogens with one attached hydrogen (secondary N) is 2. The summed E-state index contributed by atoms with van der Waals surface area (Å²) >= 11 is 0. The highest BCUT2D eigenvalue weighted by Crippen LogP contribution is 2.32. The predicted octanol–water partition coefficient (Wildman–Crippen LogP) is 3.22. The molecule has 2 rings (SSSR count). The van der Waals surface area contributed by atoms with Crippen molar-refractivity contribution in [2.45, 2.75) is 52.6 Å². The van der Waals surface area contributed by atoms with Crippen LogP contribution in [-0.4, -0.2) is 36.0 Å². The number of nitrogens with zero attached hydrogens (tertiary/aromatic N) is 1. The molecule has 0 aromatic heterocycles. The standard InChI is InChI=1S/C19H28FN3O2/c1-5-16(24)23-10-9-15(12-23)21-18(25)22-17(19(2,3)4)13-7-6-8-14(20)11-13/h6-8,11,15,17H,5,9-10,12H2,1-4H3,(H2,21,22,25)/t15-,17-/m1/s1. The molecule has 1 aliphatic rings. The van der Waals surface area contributed by atoms with Crippen LogP contribution < -0.4 is 10.6 Å². The number of urea groups is 1. The van der Waals surface area contributed by atoms with E-state index in [0.717, 1.165) is 12.0 Å². The van der Waals surface area contributed by atoms with Crippen molar-refractivity contribution in [2.75, 3.05) is 13.1 Å². The quantitative estimate of drug-likeness (QED) is 0.877. The average molecular weight is 349 g/mol. The minimum absolute atomic E-state index is 0.0522. The summed E-state index contributed by atoms with van der Waals surface area (Å²) in [6.07, 6.45) is 1.23. The number of carbonyl (C=O) groups excluding carboxylic acids is 2. The molecule has 0 aliphatic carbocycles. The van der Waals surface area contributed by atoms with E-state index in [1.165, 1.54) is 12.1 Å². The Kier molecular flexibility index (Phi) is 6.03. The Morgan fingerprint density at radius 3 is 2.68 bits per heavy atom. The van der Waals surface area contributed by atoms with Gasteiger partial charge in [-0.1, -0.05) is 39.8 Å². The lowest BCUT2D eigenvalue weighted by Crippen LogP contribution is -2.47. The summed E-state index contributed by atoms with van der Waals surface area (Å²) in [4.78, 5) is 26.0. The molecule has 2 atom stereocenters. The van der Waals surface area contributed by atoms with E-state index in [9.17, 15) is 14.0 Å². The normalized spacial score (nSPS) is 18.8. The molecule has 138 valence electrons. The topological polar surface area (TPSA) is 61.4 Å². The van der Waals surface area contributed by atoms with E-state index >= 15 is 0 Å². The van der Waals surface area contributed by atoms with E-state index in [0.29, 0.717) is 19.5 Å². The number of hydrogen-bond donors (Lipinski definition) is 2. The first-order valence-electron chi connectivity index (χ1n) is 8.81. The van der Waals surface area contributed by atoms with Crippen molar-refractivity contribution in [2.24, 2.45) is 5.41 Å². The molecule has 1 aromatic carbocycles. The number of rotatable bonds is 4. The lowest BCUT2D eigenvalue weighted by molar-refractivity contribution is -0.129. The van der Waals surface area contributed by atoms with Gasteiger partial charge in [0.25, 0.3) is 0 Å². The molecule has 5 nitrogen and oxygen atoms in total. The Morgan fingerprint density at radius 2 is 2.08 bits per heavy atom. The third kappa shape index (κ3) is 5.18. The zero-order valence-electron chi connectivity index (χ0n) is 15.4. The summed E-state index contributed by atoms with van der Waals surface area (Å²) in [6, 6.07) is 5.64. The van der Waals surface area contributed by atoms with Crippen LogP contribution in [0.2, 0.25) is 0 Å². The lowest BCUT2D eigenvalue weighted by Gasteiger charge is -2.32. The third-order valence-corrected chi connectivity index (χ3v) is 4.50. The number of hydrogen-bond acceptors (Lipinski definition) is 2. The van der Waals surface area contributed by atoms with E-state index in [1.54, 1.807) is 11.0 Å². The Morgan fingerprint density at radius 1 is 1.36 bits per heavy atom. The first kappa shape index (κ1) is 19.2. The Labute approximate surface area is 149 Å². The number of halogens is 1. The van der Waals surface area contributed by atoms with Crippen LogP contribution >= 0.6 is 0 Å². The first-order valence-corrected chi connectivity index (χ1v) is 8.81. The maximum Gasteiger partial charge on any atom is 0.315 e. The van der Waals surface area contributed by atoms with Crippen LogP contribution in [0.4, 0.5) is 9.18 Å². The molecular formula is C19H28FN3O2. The Hall–Kier alpha value is -2.11. The van der Waals surface area contributed by atoms with Crippen molar-refractivity contribution >= 4 is 11.9 Å². The summed E-state index contributed by atoms with van der Waals surface area (Å²) in [6.45, 7) is 9.05. The van der Waals surface area contributed by atoms with Crippen LogP contribution in [0.15, 0.2) is 24.3 Å². The average Bonchev–Trinajstić information content (AvgIpc) is 2.99. The summed E-state index contributed by atoms with van der Waals surface area (Å²) in [5.41, 5.74) is 0.460. The molecule has 1 saturated heterocycles. The number of likely N-dealkylation sites (tertiary alicyclic amines) is 1. The fraction of sp³-hybridized carbons (Fsp3) is 0.579. The molecule has 1 aromatic rings. The van der Waals surface area contributed by atoms with Gasteiger partial charge in [-0.2, -0.15) is 0 Å².